The average molecular weight is 711 g/mol. The molecule has 5 rings (SSSR count). The van der Waals surface area contributed by atoms with Crippen molar-refractivity contribution in [2.75, 3.05) is 30.5 Å². The monoisotopic (exact) mass is 709 g/mol. The minimum atomic E-state index is -1.53. The van der Waals surface area contributed by atoms with Crippen LogP contribution in [0.5, 0.6) is 5.75 Å². The average Bonchev–Trinajstić information content (AvgIpc) is 3.14. The van der Waals surface area contributed by atoms with E-state index in [9.17, 15) is 19.6 Å². The molecule has 4 aromatic carbocycles. The number of fused-ring (bicyclic) bond motifs is 2. The summed E-state index contributed by atoms with van der Waals surface area (Å²) < 4.78 is 6.64. The van der Waals surface area contributed by atoms with E-state index in [2.05, 4.69) is 21.2 Å². The van der Waals surface area contributed by atoms with Gasteiger partial charge in [0, 0.05) is 27.2 Å². The first kappa shape index (κ1) is 33.7. The van der Waals surface area contributed by atoms with Gasteiger partial charge < -0.3 is 25.6 Å². The number of anilines is 2. The minimum Gasteiger partial charge on any atom is -0.496 e. The first-order valence-corrected chi connectivity index (χ1v) is 14.9. The number of carbonyl (C=O) groups excluding carboxylic acids is 3. The first-order chi connectivity index (χ1) is 21.0. The Morgan fingerprint density at radius 1 is 1.11 bits per heavy atom. The lowest BCUT2D eigenvalue weighted by Gasteiger charge is -2.36. The lowest BCUT2D eigenvalue weighted by molar-refractivity contribution is -0.133. The fraction of sp³-hybridized carbons (Fsp3) is 0.212. The zero-order valence-electron chi connectivity index (χ0n) is 24.6. The summed E-state index contributed by atoms with van der Waals surface area (Å²) in [5, 5.41) is 14.4. The maximum absolute atomic E-state index is 14.7. The summed E-state index contributed by atoms with van der Waals surface area (Å²) in [7, 11) is 3.11. The number of halogens is 3. The van der Waals surface area contributed by atoms with Crippen molar-refractivity contribution < 1.29 is 19.1 Å². The Hall–Kier alpha value is -4.14. The number of primary amides is 1. The largest absolute Gasteiger partial charge is 0.496 e. The molecule has 45 heavy (non-hydrogen) atoms. The second-order valence-corrected chi connectivity index (χ2v) is 12.0. The number of ether oxygens (including phenoxy) is 1. The number of hydrogen-bond donors (Lipinski definition) is 2. The van der Waals surface area contributed by atoms with Crippen LogP contribution in [0.4, 0.5) is 11.4 Å². The predicted octanol–water partition coefficient (Wildman–Crippen LogP) is 5.83. The van der Waals surface area contributed by atoms with Crippen LogP contribution in [0, 0.1) is 17.2 Å². The summed E-state index contributed by atoms with van der Waals surface area (Å²) in [6.45, 7) is 1.43. The molecule has 3 amide bonds. The molecule has 0 aliphatic carbocycles. The van der Waals surface area contributed by atoms with Crippen LogP contribution in [-0.2, 0) is 16.1 Å². The highest BCUT2D eigenvalue weighted by atomic mass is 79.9. The number of nitrogens with one attached hydrogen (secondary N) is 1. The van der Waals surface area contributed by atoms with E-state index in [1.165, 1.54) is 4.90 Å². The van der Waals surface area contributed by atoms with Gasteiger partial charge in [-0.15, -0.1) is 12.4 Å². The maximum atomic E-state index is 14.7. The molecule has 4 aromatic rings. The van der Waals surface area contributed by atoms with Crippen LogP contribution in [-0.4, -0.2) is 44.0 Å². The van der Waals surface area contributed by atoms with Crippen molar-refractivity contribution in [2.45, 2.75) is 19.0 Å². The smallest absolute Gasteiger partial charge is 0.258 e. The molecule has 12 heteroatoms. The number of likely N-dealkylation sites (N-methyl/N-ethyl adjacent to an activating group) is 1. The Morgan fingerprint density at radius 2 is 1.82 bits per heavy atom. The van der Waals surface area contributed by atoms with Crippen molar-refractivity contribution in [1.82, 2.24) is 5.32 Å². The first-order valence-electron chi connectivity index (χ1n) is 13.7. The summed E-state index contributed by atoms with van der Waals surface area (Å²) in [4.78, 5) is 44.8. The number of nitriles is 1. The van der Waals surface area contributed by atoms with E-state index in [1.807, 2.05) is 36.4 Å². The van der Waals surface area contributed by atoms with Crippen molar-refractivity contribution in [3.63, 3.8) is 0 Å². The molecule has 3 N–H and O–H groups in total. The van der Waals surface area contributed by atoms with Crippen LogP contribution in [0.3, 0.4) is 0 Å². The number of methoxy groups -OCH3 is 1. The highest BCUT2D eigenvalue weighted by molar-refractivity contribution is 9.10. The topological polar surface area (TPSA) is 129 Å². The molecule has 0 spiro atoms. The molecule has 0 saturated heterocycles. The lowest BCUT2D eigenvalue weighted by atomic mass is 9.83. The van der Waals surface area contributed by atoms with E-state index in [1.54, 1.807) is 68.4 Å². The fourth-order valence-electron chi connectivity index (χ4n) is 5.56. The number of rotatable bonds is 7. The number of nitrogens with two attached hydrogens (primary N) is 1. The number of carbonyl (C=O) groups is 3. The third kappa shape index (κ3) is 6.22. The molecule has 0 saturated carbocycles. The summed E-state index contributed by atoms with van der Waals surface area (Å²) >= 11 is 10.0. The van der Waals surface area contributed by atoms with Gasteiger partial charge in [0.2, 0.25) is 11.8 Å². The van der Waals surface area contributed by atoms with Crippen LogP contribution >= 0.6 is 39.9 Å². The SMILES string of the molecule is CNC(C)(C(N)=O)[C@@H]1CN(C(=O)c2ccc(C#N)cc2)c2cc(Cl)ccc2N(Cc2c(OC)ccc3cc(Br)ccc23)C1=O.Cl. The van der Waals surface area contributed by atoms with Gasteiger partial charge in [0.1, 0.15) is 11.3 Å². The van der Waals surface area contributed by atoms with Crippen molar-refractivity contribution >= 4 is 79.8 Å². The van der Waals surface area contributed by atoms with Gasteiger partial charge in [0.15, 0.2) is 0 Å². The zero-order valence-corrected chi connectivity index (χ0v) is 27.8. The van der Waals surface area contributed by atoms with E-state index in [0.29, 0.717) is 33.3 Å². The van der Waals surface area contributed by atoms with Crippen molar-refractivity contribution in [3.05, 3.63) is 99.0 Å². The summed E-state index contributed by atoms with van der Waals surface area (Å²) in [5.41, 5.74) is 6.60. The van der Waals surface area contributed by atoms with Gasteiger partial charge in [-0.25, -0.2) is 0 Å². The highest BCUT2D eigenvalue weighted by Gasteiger charge is 2.49. The summed E-state index contributed by atoms with van der Waals surface area (Å²) in [6, 6.07) is 22.8. The van der Waals surface area contributed by atoms with E-state index in [4.69, 9.17) is 22.1 Å². The molecule has 0 fully saturated rings. The van der Waals surface area contributed by atoms with E-state index < -0.39 is 29.2 Å². The van der Waals surface area contributed by atoms with Crippen LogP contribution in [0.2, 0.25) is 5.02 Å². The van der Waals surface area contributed by atoms with Crippen molar-refractivity contribution in [2.24, 2.45) is 11.7 Å². The molecule has 0 radical (unpaired) electrons. The molecule has 2 atom stereocenters. The van der Waals surface area contributed by atoms with Gasteiger partial charge in [-0.05, 0) is 85.4 Å². The third-order valence-corrected chi connectivity index (χ3v) is 9.00. The normalized spacial score (nSPS) is 15.7. The van der Waals surface area contributed by atoms with Crippen molar-refractivity contribution in [3.8, 4) is 11.8 Å². The van der Waals surface area contributed by atoms with Crippen LogP contribution in [0.25, 0.3) is 10.8 Å². The molecule has 1 unspecified atom stereocenters. The zero-order chi connectivity index (χ0) is 31.8. The minimum absolute atomic E-state index is 0. The molecule has 1 aliphatic rings. The molecule has 9 nitrogen and oxygen atoms in total. The van der Waals surface area contributed by atoms with Crippen LogP contribution in [0.15, 0.2) is 77.3 Å². The van der Waals surface area contributed by atoms with Gasteiger partial charge in [0.05, 0.1) is 42.6 Å². The van der Waals surface area contributed by atoms with Gasteiger partial charge >= 0.3 is 0 Å². The molecule has 1 heterocycles. The van der Waals surface area contributed by atoms with E-state index in [-0.39, 0.29) is 25.5 Å². The van der Waals surface area contributed by atoms with Gasteiger partial charge in [-0.1, -0.05) is 39.7 Å². The number of amides is 3. The fourth-order valence-corrected chi connectivity index (χ4v) is 6.11. The second-order valence-electron chi connectivity index (χ2n) is 10.6. The van der Waals surface area contributed by atoms with Crippen LogP contribution in [0.1, 0.15) is 28.4 Å². The van der Waals surface area contributed by atoms with Gasteiger partial charge in [-0.2, -0.15) is 5.26 Å². The predicted molar refractivity (Wildman–Crippen MR) is 181 cm³/mol. The summed E-state index contributed by atoms with van der Waals surface area (Å²) in [6.07, 6.45) is 0. The number of nitrogens with zero attached hydrogens (tertiary/aromatic N) is 3. The molecule has 0 aromatic heterocycles. The molecular formula is C33H30BrCl2N5O4. The quantitative estimate of drug-likeness (QED) is 0.248. The van der Waals surface area contributed by atoms with E-state index >= 15 is 0 Å². The highest BCUT2D eigenvalue weighted by Crippen LogP contribution is 2.42. The molecule has 0 bridgehead atoms. The maximum Gasteiger partial charge on any atom is 0.258 e. The molecule has 1 aliphatic heterocycles. The Labute approximate surface area is 280 Å². The lowest BCUT2D eigenvalue weighted by Crippen LogP contribution is -2.63. The standard InChI is InChI=1S/C33H29BrClN5O4.ClH/c1-33(38-2,32(37)43)26-18-40(30(41)20-6-4-19(16-36)5-7-20)28-15-23(35)10-12-27(28)39(31(26)42)17-25-24-11-9-22(34)14-21(24)8-13-29(25)44-3;/h4-15,26,38H,17-18H2,1-3H3,(H2,37,43);1H/t26-,33?;/m1./s1. The second kappa shape index (κ2) is 13.5. The Morgan fingerprint density at radius 3 is 2.44 bits per heavy atom. The number of hydrogen-bond acceptors (Lipinski definition) is 6. The van der Waals surface area contributed by atoms with Crippen LogP contribution < -0.4 is 25.6 Å². The number of benzene rings is 4. The molecular weight excluding hydrogens is 681 g/mol. The van der Waals surface area contributed by atoms with Gasteiger partial charge in [-0.3, -0.25) is 14.4 Å². The third-order valence-electron chi connectivity index (χ3n) is 8.27. The van der Waals surface area contributed by atoms with Crippen molar-refractivity contribution in [1.29, 1.82) is 5.26 Å². The Kier molecular flexibility index (Phi) is 10.1. The molecule has 232 valence electrons. The van der Waals surface area contributed by atoms with Gasteiger partial charge in [0.25, 0.3) is 5.91 Å². The van der Waals surface area contributed by atoms with E-state index in [0.717, 1.165) is 20.8 Å². The Bertz CT molecular complexity index is 1850. The summed E-state index contributed by atoms with van der Waals surface area (Å²) in [5.74, 6) is -2.14. The Balaban J connectivity index is 0.00000461.